The molecule has 17 heavy (non-hydrogen) atoms. The molecule has 0 bridgehead atoms. The molecule has 94 valence electrons. The fourth-order valence-corrected chi connectivity index (χ4v) is 2.19. The van der Waals surface area contributed by atoms with Crippen LogP contribution in [-0.2, 0) is 0 Å². The first kappa shape index (κ1) is 12.1. The highest BCUT2D eigenvalue weighted by atomic mass is 19.1. The number of alkyl halides is 1. The molecule has 1 saturated heterocycles. The van der Waals surface area contributed by atoms with Crippen LogP contribution in [0, 0.1) is 0 Å². The van der Waals surface area contributed by atoms with Crippen LogP contribution in [0.2, 0.25) is 0 Å². The summed E-state index contributed by atoms with van der Waals surface area (Å²) in [6.07, 6.45) is 0. The lowest BCUT2D eigenvalue weighted by Gasteiger charge is -2.33. The summed E-state index contributed by atoms with van der Waals surface area (Å²) in [5.74, 6) is -0.412. The van der Waals surface area contributed by atoms with E-state index < -0.39 is 12.7 Å². The predicted molar refractivity (Wildman–Crippen MR) is 62.9 cm³/mol. The van der Waals surface area contributed by atoms with Gasteiger partial charge in [0.15, 0.2) is 11.5 Å². The van der Waals surface area contributed by atoms with E-state index in [0.717, 1.165) is 26.2 Å². The first-order valence-electron chi connectivity index (χ1n) is 5.75. The lowest BCUT2D eigenvalue weighted by molar-refractivity contribution is 0.145. The number of para-hydroxylation sites is 1. The van der Waals surface area contributed by atoms with Gasteiger partial charge >= 0.3 is 0 Å². The Bertz CT molecular complexity index is 381. The Morgan fingerprint density at radius 3 is 2.65 bits per heavy atom. The summed E-state index contributed by atoms with van der Waals surface area (Å²) in [4.78, 5) is 1.98. The monoisotopic (exact) mass is 240 g/mol. The lowest BCUT2D eigenvalue weighted by Crippen LogP contribution is -2.45. The van der Waals surface area contributed by atoms with Gasteiger partial charge in [-0.15, -0.1) is 0 Å². The maximum atomic E-state index is 13.2. The molecule has 1 aliphatic heterocycles. The first-order chi connectivity index (χ1) is 8.24. The van der Waals surface area contributed by atoms with Crippen molar-refractivity contribution in [2.45, 2.75) is 6.04 Å². The van der Waals surface area contributed by atoms with Gasteiger partial charge in [0, 0.05) is 31.7 Å². The van der Waals surface area contributed by atoms with Crippen LogP contribution in [0.25, 0.3) is 0 Å². The summed E-state index contributed by atoms with van der Waals surface area (Å²) in [7, 11) is 0. The van der Waals surface area contributed by atoms with Crippen LogP contribution in [0.5, 0.6) is 11.5 Å². The average Bonchev–Trinajstić information content (AvgIpc) is 2.37. The van der Waals surface area contributed by atoms with E-state index in [1.165, 1.54) is 6.07 Å². The van der Waals surface area contributed by atoms with Gasteiger partial charge in [0.05, 0.1) is 6.04 Å². The molecule has 2 rings (SSSR count). The number of halogens is 1. The summed E-state index contributed by atoms with van der Waals surface area (Å²) in [6.45, 7) is 2.54. The fraction of sp³-hybridized carbons (Fsp3) is 0.500. The highest BCUT2D eigenvalue weighted by Gasteiger charge is 2.25. The van der Waals surface area contributed by atoms with E-state index in [1.54, 1.807) is 12.1 Å². The predicted octanol–water partition coefficient (Wildman–Crippen LogP) is 1.01. The second kappa shape index (κ2) is 5.33. The summed E-state index contributed by atoms with van der Waals surface area (Å²) in [5.41, 5.74) is 0.453. The van der Waals surface area contributed by atoms with Gasteiger partial charge in [-0.05, 0) is 6.07 Å². The van der Waals surface area contributed by atoms with E-state index in [4.69, 9.17) is 0 Å². The largest absolute Gasteiger partial charge is 0.504 e. The van der Waals surface area contributed by atoms with Gasteiger partial charge in [-0.1, -0.05) is 12.1 Å². The summed E-state index contributed by atoms with van der Waals surface area (Å²) in [6, 6.07) is 4.19. The summed E-state index contributed by atoms with van der Waals surface area (Å²) < 4.78 is 13.2. The zero-order valence-electron chi connectivity index (χ0n) is 9.56. The van der Waals surface area contributed by atoms with Crippen molar-refractivity contribution in [3.8, 4) is 11.5 Å². The fourth-order valence-electron chi connectivity index (χ4n) is 2.19. The lowest BCUT2D eigenvalue weighted by atomic mass is 10.0. The molecule has 4 nitrogen and oxygen atoms in total. The van der Waals surface area contributed by atoms with Gasteiger partial charge in [0.1, 0.15) is 6.67 Å². The van der Waals surface area contributed by atoms with Crippen molar-refractivity contribution in [2.75, 3.05) is 32.9 Å². The Hall–Kier alpha value is -1.33. The van der Waals surface area contributed by atoms with Gasteiger partial charge in [-0.2, -0.15) is 0 Å². The quantitative estimate of drug-likeness (QED) is 0.690. The van der Waals surface area contributed by atoms with E-state index in [1.807, 2.05) is 4.90 Å². The topological polar surface area (TPSA) is 55.7 Å². The molecule has 0 aromatic heterocycles. The van der Waals surface area contributed by atoms with Gasteiger partial charge in [-0.3, -0.25) is 4.90 Å². The number of nitrogens with one attached hydrogen (secondary N) is 1. The third-order valence-electron chi connectivity index (χ3n) is 3.14. The molecule has 1 aromatic carbocycles. The number of aromatic hydroxyl groups is 2. The van der Waals surface area contributed by atoms with Gasteiger partial charge < -0.3 is 15.5 Å². The van der Waals surface area contributed by atoms with Crippen molar-refractivity contribution in [3.05, 3.63) is 23.8 Å². The van der Waals surface area contributed by atoms with Crippen LogP contribution in [-0.4, -0.2) is 48.0 Å². The van der Waals surface area contributed by atoms with Crippen LogP contribution in [0.3, 0.4) is 0 Å². The number of phenols is 2. The van der Waals surface area contributed by atoms with Crippen LogP contribution in [0.15, 0.2) is 18.2 Å². The Labute approximate surface area is 99.7 Å². The van der Waals surface area contributed by atoms with Crippen LogP contribution < -0.4 is 5.32 Å². The number of rotatable bonds is 3. The molecule has 1 heterocycles. The minimum absolute atomic E-state index is 0.198. The number of phenolic OH excluding ortho intramolecular Hbond substituents is 2. The smallest absolute Gasteiger partial charge is 0.162 e. The molecule has 0 saturated carbocycles. The highest BCUT2D eigenvalue weighted by molar-refractivity contribution is 5.46. The second-order valence-corrected chi connectivity index (χ2v) is 4.17. The number of hydrogen-bond donors (Lipinski definition) is 3. The molecule has 0 radical (unpaired) electrons. The van der Waals surface area contributed by atoms with Crippen molar-refractivity contribution in [2.24, 2.45) is 0 Å². The highest BCUT2D eigenvalue weighted by Crippen LogP contribution is 2.35. The van der Waals surface area contributed by atoms with E-state index in [9.17, 15) is 14.6 Å². The molecular weight excluding hydrogens is 223 g/mol. The standard InChI is InChI=1S/C12H17FN2O2/c13-8-10(15-6-4-14-5-7-15)9-2-1-3-11(16)12(9)17/h1-3,10,14,16-17H,4-8H2/t10-/m1/s1. The van der Waals surface area contributed by atoms with Crippen molar-refractivity contribution < 1.29 is 14.6 Å². The minimum atomic E-state index is -0.572. The second-order valence-electron chi connectivity index (χ2n) is 4.17. The summed E-state index contributed by atoms with van der Waals surface area (Å²) in [5, 5.41) is 22.4. The molecule has 0 unspecified atom stereocenters. The van der Waals surface area contributed by atoms with E-state index in [-0.39, 0.29) is 11.5 Å². The van der Waals surface area contributed by atoms with Gasteiger partial charge in [0.2, 0.25) is 0 Å². The molecule has 0 amide bonds. The molecule has 1 aromatic rings. The average molecular weight is 240 g/mol. The molecule has 5 heteroatoms. The molecular formula is C12H17FN2O2. The first-order valence-corrected chi connectivity index (χ1v) is 5.75. The normalized spacial score (nSPS) is 19.1. The molecule has 0 spiro atoms. The molecule has 1 aliphatic rings. The van der Waals surface area contributed by atoms with Crippen LogP contribution >= 0.6 is 0 Å². The number of hydrogen-bond acceptors (Lipinski definition) is 4. The van der Waals surface area contributed by atoms with Gasteiger partial charge in [-0.25, -0.2) is 4.39 Å². The maximum Gasteiger partial charge on any atom is 0.162 e. The van der Waals surface area contributed by atoms with Crippen LogP contribution in [0.1, 0.15) is 11.6 Å². The zero-order valence-corrected chi connectivity index (χ0v) is 9.56. The van der Waals surface area contributed by atoms with E-state index in [2.05, 4.69) is 5.32 Å². The van der Waals surface area contributed by atoms with Crippen molar-refractivity contribution in [1.82, 2.24) is 10.2 Å². The Kier molecular flexibility index (Phi) is 3.81. The number of piperazine rings is 1. The SMILES string of the molecule is Oc1cccc([C@@H](CF)N2CCNCC2)c1O. The van der Waals surface area contributed by atoms with E-state index in [0.29, 0.717) is 5.56 Å². The minimum Gasteiger partial charge on any atom is -0.504 e. The van der Waals surface area contributed by atoms with E-state index >= 15 is 0 Å². The van der Waals surface area contributed by atoms with Crippen molar-refractivity contribution in [1.29, 1.82) is 0 Å². The number of nitrogens with zero attached hydrogens (tertiary/aromatic N) is 1. The Balaban J connectivity index is 2.24. The molecule has 3 N–H and O–H groups in total. The third kappa shape index (κ3) is 2.50. The Morgan fingerprint density at radius 2 is 2.00 bits per heavy atom. The Morgan fingerprint density at radius 1 is 1.29 bits per heavy atom. The summed E-state index contributed by atoms with van der Waals surface area (Å²) >= 11 is 0. The third-order valence-corrected chi connectivity index (χ3v) is 3.14. The van der Waals surface area contributed by atoms with Crippen LogP contribution in [0.4, 0.5) is 4.39 Å². The number of benzene rings is 1. The van der Waals surface area contributed by atoms with Gasteiger partial charge in [0.25, 0.3) is 0 Å². The van der Waals surface area contributed by atoms with Crippen molar-refractivity contribution in [3.63, 3.8) is 0 Å². The van der Waals surface area contributed by atoms with Crippen molar-refractivity contribution >= 4 is 0 Å². The molecule has 0 aliphatic carbocycles. The molecule has 1 atom stereocenters. The molecule has 1 fully saturated rings. The maximum absolute atomic E-state index is 13.2. The zero-order chi connectivity index (χ0) is 12.3.